The quantitative estimate of drug-likeness (QED) is 0.167. The van der Waals surface area contributed by atoms with E-state index in [9.17, 15) is 0 Å². The van der Waals surface area contributed by atoms with Crippen molar-refractivity contribution >= 4 is 17.0 Å². The predicted octanol–water partition coefficient (Wildman–Crippen LogP) is 8.16. The minimum absolute atomic E-state index is 0.0553. The molecule has 1 atom stereocenters. The van der Waals surface area contributed by atoms with Gasteiger partial charge in [0, 0.05) is 25.7 Å². The number of anilines is 1. The summed E-state index contributed by atoms with van der Waals surface area (Å²) in [6.45, 7) is 2.64. The van der Waals surface area contributed by atoms with Crippen LogP contribution in [0, 0.1) is 0 Å². The molecule has 4 heterocycles. The summed E-state index contributed by atoms with van der Waals surface area (Å²) in [6.07, 6.45) is 4.97. The lowest BCUT2D eigenvalue weighted by Crippen LogP contribution is -2.39. The molecule has 0 radical (unpaired) electrons. The fourth-order valence-corrected chi connectivity index (χ4v) is 7.99. The third-order valence-electron chi connectivity index (χ3n) is 10.6. The van der Waals surface area contributed by atoms with Crippen LogP contribution in [0.25, 0.3) is 11.2 Å². The molecular formula is C46H42N8O. The molecule has 9 nitrogen and oxygen atoms in total. The molecule has 55 heavy (non-hydrogen) atoms. The zero-order valence-corrected chi connectivity index (χ0v) is 30.7. The van der Waals surface area contributed by atoms with Crippen LogP contribution in [-0.2, 0) is 25.2 Å². The Morgan fingerprint density at radius 1 is 0.745 bits per heavy atom. The van der Waals surface area contributed by atoms with E-state index in [1.807, 2.05) is 52.9 Å². The van der Waals surface area contributed by atoms with Crippen molar-refractivity contribution in [2.75, 3.05) is 18.9 Å². The van der Waals surface area contributed by atoms with Crippen LogP contribution in [-0.4, -0.2) is 43.4 Å². The average molecular weight is 723 g/mol. The molecule has 0 amide bonds. The second-order valence-electron chi connectivity index (χ2n) is 14.1. The molecule has 5 aromatic carbocycles. The van der Waals surface area contributed by atoms with Crippen molar-refractivity contribution in [3.63, 3.8) is 0 Å². The molecule has 1 aliphatic rings. The first-order chi connectivity index (χ1) is 27.2. The summed E-state index contributed by atoms with van der Waals surface area (Å²) in [5.74, 6) is 1.53. The van der Waals surface area contributed by atoms with Crippen LogP contribution in [0.3, 0.4) is 0 Å². The van der Waals surface area contributed by atoms with Crippen LogP contribution in [0.15, 0.2) is 158 Å². The van der Waals surface area contributed by atoms with Gasteiger partial charge in [-0.25, -0.2) is 9.67 Å². The lowest BCUT2D eigenvalue weighted by molar-refractivity contribution is 0.305. The number of benzene rings is 5. The molecule has 3 aromatic heterocycles. The molecule has 0 saturated carbocycles. The second kappa shape index (κ2) is 15.0. The number of fused-ring (bicyclic) bond motifs is 7. The Hall–Kier alpha value is -6.58. The van der Waals surface area contributed by atoms with Crippen LogP contribution in [0.1, 0.15) is 56.8 Å². The minimum Gasteiger partial charge on any atom is -0.489 e. The van der Waals surface area contributed by atoms with Gasteiger partial charge in [0.15, 0.2) is 5.65 Å². The number of pyridine rings is 1. The maximum atomic E-state index is 6.22. The average Bonchev–Trinajstić information content (AvgIpc) is 3.89. The summed E-state index contributed by atoms with van der Waals surface area (Å²) in [6, 6.07) is 50.6. The van der Waals surface area contributed by atoms with E-state index in [4.69, 9.17) is 25.1 Å². The standard InChI is InChI=1S/C46H42N8O/c1-47-43-27-42(41-23-24-48-28-33-13-11-15-35(25-33)32-55-40-22-12-14-34(26-40)30-53-31-36(41)29-49-53)44-45(50-43)54(52-51-44)46(37-16-5-2-6-17-37,38-18-7-3-8-19-38)39-20-9-4-10-21-39/h2-22,25-27,29,31,41,48H,23-24,28,30,32H2,1H3,(H,47,50). The first-order valence-electron chi connectivity index (χ1n) is 18.8. The van der Waals surface area contributed by atoms with E-state index in [1.54, 1.807) is 0 Å². The number of nitrogens with one attached hydrogen (secondary N) is 2. The van der Waals surface area contributed by atoms with Gasteiger partial charge < -0.3 is 15.4 Å². The molecule has 1 aliphatic heterocycles. The van der Waals surface area contributed by atoms with Gasteiger partial charge >= 0.3 is 0 Å². The van der Waals surface area contributed by atoms with E-state index in [1.165, 1.54) is 5.56 Å². The van der Waals surface area contributed by atoms with Gasteiger partial charge in [0.1, 0.15) is 29.2 Å². The van der Waals surface area contributed by atoms with Crippen LogP contribution < -0.4 is 15.4 Å². The Morgan fingerprint density at radius 3 is 2.13 bits per heavy atom. The number of hydrogen-bond acceptors (Lipinski definition) is 7. The molecule has 0 saturated heterocycles. The third kappa shape index (κ3) is 6.64. The van der Waals surface area contributed by atoms with Crippen molar-refractivity contribution in [3.05, 3.63) is 202 Å². The molecule has 9 rings (SSSR count). The summed E-state index contributed by atoms with van der Waals surface area (Å²) in [5, 5.41) is 22.0. The van der Waals surface area contributed by atoms with Gasteiger partial charge in [-0.05, 0) is 75.7 Å². The van der Waals surface area contributed by atoms with E-state index < -0.39 is 5.54 Å². The van der Waals surface area contributed by atoms with Crippen molar-refractivity contribution in [2.24, 2.45) is 0 Å². The number of hydrogen-bond donors (Lipinski definition) is 2. The normalized spacial score (nSPS) is 14.9. The SMILES string of the molecule is CNc1cc(C2CCNCc3cccc(c3)COc3cccc(c3)Cn3cc2cn3)c2nnn(C(c3ccccc3)(c3ccccc3)c3ccccc3)c2n1. The molecule has 9 heteroatoms. The van der Waals surface area contributed by atoms with E-state index in [0.717, 1.165) is 75.5 Å². The molecule has 8 aromatic rings. The Kier molecular flexibility index (Phi) is 9.35. The largest absolute Gasteiger partial charge is 0.489 e. The fraction of sp³-hybridized carbons (Fsp3) is 0.174. The molecule has 1 unspecified atom stereocenters. The van der Waals surface area contributed by atoms with Crippen LogP contribution in [0.5, 0.6) is 5.75 Å². The van der Waals surface area contributed by atoms with Crippen molar-refractivity contribution < 1.29 is 4.74 Å². The lowest BCUT2D eigenvalue weighted by atomic mass is 9.77. The molecular weight excluding hydrogens is 681 g/mol. The van der Waals surface area contributed by atoms with Crippen molar-refractivity contribution in [2.45, 2.75) is 37.6 Å². The molecule has 0 spiro atoms. The highest BCUT2D eigenvalue weighted by Gasteiger charge is 2.42. The monoisotopic (exact) mass is 722 g/mol. The van der Waals surface area contributed by atoms with Crippen LogP contribution in [0.4, 0.5) is 5.82 Å². The summed E-state index contributed by atoms with van der Waals surface area (Å²) >= 11 is 0. The van der Waals surface area contributed by atoms with Gasteiger partial charge in [0.05, 0.1) is 12.7 Å². The van der Waals surface area contributed by atoms with Crippen LogP contribution in [0.2, 0.25) is 0 Å². The maximum absolute atomic E-state index is 6.22. The van der Waals surface area contributed by atoms with E-state index in [-0.39, 0.29) is 5.92 Å². The maximum Gasteiger partial charge on any atom is 0.182 e. The highest BCUT2D eigenvalue weighted by atomic mass is 16.5. The van der Waals surface area contributed by atoms with E-state index in [2.05, 4.69) is 132 Å². The summed E-state index contributed by atoms with van der Waals surface area (Å²) in [7, 11) is 1.91. The van der Waals surface area contributed by atoms with Gasteiger partial charge in [-0.3, -0.25) is 4.68 Å². The highest BCUT2D eigenvalue weighted by molar-refractivity contribution is 5.79. The van der Waals surface area contributed by atoms with Gasteiger partial charge in [-0.15, -0.1) is 5.10 Å². The predicted molar refractivity (Wildman–Crippen MR) is 216 cm³/mol. The number of aromatic nitrogens is 6. The Balaban J connectivity index is 1.21. The summed E-state index contributed by atoms with van der Waals surface area (Å²) < 4.78 is 10.3. The molecule has 272 valence electrons. The van der Waals surface area contributed by atoms with Crippen molar-refractivity contribution in [1.82, 2.24) is 35.1 Å². The summed E-state index contributed by atoms with van der Waals surface area (Å²) in [5.41, 5.74) is 9.37. The summed E-state index contributed by atoms with van der Waals surface area (Å²) in [4.78, 5) is 5.23. The molecule has 0 aliphatic carbocycles. The topological polar surface area (TPSA) is 94.7 Å². The molecule has 0 fully saturated rings. The molecule has 6 bridgehead atoms. The van der Waals surface area contributed by atoms with Crippen molar-refractivity contribution in [1.29, 1.82) is 0 Å². The Morgan fingerprint density at radius 2 is 1.42 bits per heavy atom. The Labute approximate surface area is 320 Å². The van der Waals surface area contributed by atoms with E-state index >= 15 is 0 Å². The number of ether oxygens (including phenoxy) is 1. The second-order valence-corrected chi connectivity index (χ2v) is 14.1. The van der Waals surface area contributed by atoms with Gasteiger partial charge in [0.25, 0.3) is 0 Å². The first-order valence-corrected chi connectivity index (χ1v) is 18.8. The van der Waals surface area contributed by atoms with Crippen LogP contribution >= 0.6 is 0 Å². The number of nitrogens with zero attached hydrogens (tertiary/aromatic N) is 6. The number of rotatable bonds is 6. The Bertz CT molecular complexity index is 2430. The minimum atomic E-state index is -0.867. The van der Waals surface area contributed by atoms with E-state index in [0.29, 0.717) is 18.8 Å². The first kappa shape index (κ1) is 34.2. The van der Waals surface area contributed by atoms with Crippen molar-refractivity contribution in [3.8, 4) is 5.75 Å². The lowest BCUT2D eigenvalue weighted by Gasteiger charge is -2.36. The van der Waals surface area contributed by atoms with Gasteiger partial charge in [0.2, 0.25) is 0 Å². The van der Waals surface area contributed by atoms with Gasteiger partial charge in [-0.2, -0.15) is 5.10 Å². The van der Waals surface area contributed by atoms with Gasteiger partial charge in [-0.1, -0.05) is 133 Å². The smallest absolute Gasteiger partial charge is 0.182 e. The highest BCUT2D eigenvalue weighted by Crippen LogP contribution is 2.43. The zero-order chi connectivity index (χ0) is 37.0. The third-order valence-corrected chi connectivity index (χ3v) is 10.6. The zero-order valence-electron chi connectivity index (χ0n) is 30.7. The molecule has 2 N–H and O–H groups in total. The fourth-order valence-electron chi connectivity index (χ4n) is 7.99.